The van der Waals surface area contributed by atoms with E-state index < -0.39 is 11.4 Å². The molecular formula is C4H16K2NO3S+. The van der Waals surface area contributed by atoms with Crippen molar-refractivity contribution in [3.63, 3.8) is 0 Å². The molecule has 0 aliphatic carbocycles. The Labute approximate surface area is 156 Å². The van der Waals surface area contributed by atoms with Crippen molar-refractivity contribution in [2.24, 2.45) is 0 Å². The van der Waals surface area contributed by atoms with Gasteiger partial charge in [0.15, 0.2) is 0 Å². The molecule has 0 spiro atoms. The minimum absolute atomic E-state index is 0. The molecular weight excluding hydrogens is 220 g/mol. The molecule has 2 N–H and O–H groups in total. The van der Waals surface area contributed by atoms with Crippen LogP contribution in [0.4, 0.5) is 0 Å². The summed E-state index contributed by atoms with van der Waals surface area (Å²) in [5.41, 5.74) is 0. The Bertz CT molecular complexity index is 85.8. The van der Waals surface area contributed by atoms with Crippen molar-refractivity contribution in [3.05, 3.63) is 0 Å². The zero-order valence-corrected chi connectivity index (χ0v) is 6.97. The second-order valence-electron chi connectivity index (χ2n) is 2.91. The average Bonchev–Trinajstić information content (AvgIpc) is 1.19. The van der Waals surface area contributed by atoms with Crippen LogP contribution >= 0.6 is 0 Å². The molecule has 0 rings (SSSR count). The van der Waals surface area contributed by atoms with Crippen molar-refractivity contribution in [3.8, 4) is 0 Å². The Balaban J connectivity index is -0.0000000383. The number of quaternary nitrogens is 1. The van der Waals surface area contributed by atoms with Gasteiger partial charge in [0.2, 0.25) is 0 Å². The molecule has 62 valence electrons. The molecule has 0 aliphatic heterocycles. The molecule has 4 nitrogen and oxygen atoms in total. The van der Waals surface area contributed by atoms with E-state index in [9.17, 15) is 0 Å². The summed E-state index contributed by atoms with van der Waals surface area (Å²) in [4.78, 5) is 0. The molecule has 0 amide bonds. The molecule has 0 fully saturated rings. The molecule has 0 aromatic heterocycles. The van der Waals surface area contributed by atoms with Gasteiger partial charge in [-0.1, -0.05) is 0 Å². The van der Waals surface area contributed by atoms with Crippen LogP contribution < -0.4 is 0 Å². The van der Waals surface area contributed by atoms with Crippen molar-refractivity contribution in [2.45, 2.75) is 0 Å². The summed E-state index contributed by atoms with van der Waals surface area (Å²) < 4.78 is 23.8. The van der Waals surface area contributed by atoms with Crippen LogP contribution in [0.1, 0.15) is 0 Å². The summed E-state index contributed by atoms with van der Waals surface area (Å²) in [5.74, 6) is 0. The fourth-order valence-electron chi connectivity index (χ4n) is 0. The van der Waals surface area contributed by atoms with Crippen LogP contribution in [-0.2, 0) is 11.4 Å². The maximum atomic E-state index is 8.67. The summed E-state index contributed by atoms with van der Waals surface area (Å²) in [7, 11) is 8.50. The van der Waals surface area contributed by atoms with Crippen LogP contribution in [0.5, 0.6) is 0 Å². The van der Waals surface area contributed by atoms with E-state index >= 15 is 0 Å². The third-order valence-electron chi connectivity index (χ3n) is 0. The monoisotopic (exact) mass is 236 g/mol. The molecule has 0 unspecified atom stereocenters. The Morgan fingerprint density at radius 2 is 1.00 bits per heavy atom. The van der Waals surface area contributed by atoms with E-state index in [0.29, 0.717) is 0 Å². The van der Waals surface area contributed by atoms with Crippen molar-refractivity contribution in [1.82, 2.24) is 0 Å². The standard InChI is InChI=1S/C4H12N.2K.H2O3S.2H/c1-5(2,3)4;;;1-4(2)3;;/h1-4H3;;;(H2,1,2,3);;/q+1;;;;;. The van der Waals surface area contributed by atoms with E-state index in [1.165, 1.54) is 0 Å². The van der Waals surface area contributed by atoms with E-state index in [1.807, 2.05) is 0 Å². The number of rotatable bonds is 0. The van der Waals surface area contributed by atoms with Crippen LogP contribution in [0.15, 0.2) is 0 Å². The SMILES string of the molecule is C[N+](C)(C)C.O=S(O)O.[KH].[KH]. The second kappa shape index (κ2) is 13.3. The minimum atomic E-state index is -2.61. The molecule has 0 aliphatic rings. The van der Waals surface area contributed by atoms with Gasteiger partial charge in [-0.2, -0.15) is 4.21 Å². The molecule has 0 bridgehead atoms. The zero-order valence-electron chi connectivity index (χ0n) is 6.16. The summed E-state index contributed by atoms with van der Waals surface area (Å²) in [6.45, 7) is 0. The van der Waals surface area contributed by atoms with Gasteiger partial charge in [-0.25, -0.2) is 0 Å². The topological polar surface area (TPSA) is 57.5 Å². The number of nitrogens with zero attached hydrogens (tertiary/aromatic N) is 1. The summed E-state index contributed by atoms with van der Waals surface area (Å²) in [6, 6.07) is 0. The van der Waals surface area contributed by atoms with Crippen molar-refractivity contribution >= 4 is 114 Å². The first-order valence-electron chi connectivity index (χ1n) is 2.32. The maximum absolute atomic E-state index is 8.67. The predicted molar refractivity (Wildman–Crippen MR) is 51.7 cm³/mol. The van der Waals surface area contributed by atoms with Crippen LogP contribution in [0.25, 0.3) is 0 Å². The molecule has 0 saturated carbocycles. The molecule has 0 heterocycles. The summed E-state index contributed by atoms with van der Waals surface area (Å²) in [6.07, 6.45) is 0. The van der Waals surface area contributed by atoms with Gasteiger partial charge in [-0.15, -0.1) is 0 Å². The number of hydrogen-bond acceptors (Lipinski definition) is 1. The van der Waals surface area contributed by atoms with E-state index in [0.717, 1.165) is 4.48 Å². The Kier molecular flexibility index (Phi) is 28.8. The van der Waals surface area contributed by atoms with Crippen LogP contribution in [-0.4, -0.2) is 149 Å². The van der Waals surface area contributed by atoms with E-state index in [1.54, 1.807) is 0 Å². The normalized spacial score (nSPS) is 8.64. The first kappa shape index (κ1) is 23.8. The van der Waals surface area contributed by atoms with Crippen molar-refractivity contribution in [2.75, 3.05) is 28.2 Å². The zero-order chi connectivity index (χ0) is 8.08. The van der Waals surface area contributed by atoms with E-state index in [2.05, 4.69) is 28.2 Å². The third-order valence-corrected chi connectivity index (χ3v) is 0. The average molecular weight is 236 g/mol. The first-order chi connectivity index (χ1) is 3.73. The van der Waals surface area contributed by atoms with Gasteiger partial charge in [0.25, 0.3) is 11.4 Å². The summed E-state index contributed by atoms with van der Waals surface area (Å²) >= 11 is -2.61. The van der Waals surface area contributed by atoms with Gasteiger partial charge in [0.1, 0.15) is 0 Å². The molecule has 0 aromatic carbocycles. The Morgan fingerprint density at radius 1 is 1.00 bits per heavy atom. The van der Waals surface area contributed by atoms with Crippen molar-refractivity contribution in [1.29, 1.82) is 0 Å². The summed E-state index contributed by atoms with van der Waals surface area (Å²) in [5, 5.41) is 0. The number of hydrogen-bond donors (Lipinski definition) is 2. The van der Waals surface area contributed by atoms with Gasteiger partial charge < -0.3 is 4.48 Å². The molecule has 0 aromatic rings. The molecule has 7 heteroatoms. The van der Waals surface area contributed by atoms with E-state index in [-0.39, 0.29) is 103 Å². The molecule has 0 saturated heterocycles. The second-order valence-corrected chi connectivity index (χ2v) is 3.38. The quantitative estimate of drug-likeness (QED) is 0.312. The Morgan fingerprint density at radius 3 is 1.00 bits per heavy atom. The van der Waals surface area contributed by atoms with Gasteiger partial charge in [-0.05, 0) is 0 Å². The van der Waals surface area contributed by atoms with Crippen molar-refractivity contribution < 1.29 is 17.8 Å². The van der Waals surface area contributed by atoms with E-state index in [4.69, 9.17) is 13.3 Å². The molecule has 11 heavy (non-hydrogen) atoms. The third kappa shape index (κ3) is 156. The fraction of sp³-hybridized carbons (Fsp3) is 1.00. The van der Waals surface area contributed by atoms with Gasteiger partial charge >= 0.3 is 103 Å². The van der Waals surface area contributed by atoms with Gasteiger partial charge in [-0.3, -0.25) is 9.11 Å². The molecule has 0 atom stereocenters. The van der Waals surface area contributed by atoms with Crippen LogP contribution in [0.3, 0.4) is 0 Å². The van der Waals surface area contributed by atoms with Crippen LogP contribution in [0.2, 0.25) is 0 Å². The fourth-order valence-corrected chi connectivity index (χ4v) is 0. The predicted octanol–water partition coefficient (Wildman–Crippen LogP) is -1.29. The van der Waals surface area contributed by atoms with Gasteiger partial charge in [0.05, 0.1) is 28.2 Å². The first-order valence-corrected chi connectivity index (χ1v) is 3.38. The van der Waals surface area contributed by atoms with Gasteiger partial charge in [0, 0.05) is 0 Å². The molecule has 0 radical (unpaired) electrons. The Hall–Kier alpha value is 3.30. The van der Waals surface area contributed by atoms with Crippen LogP contribution in [0, 0.1) is 0 Å².